The summed E-state index contributed by atoms with van der Waals surface area (Å²) in [7, 11) is 0. The van der Waals surface area contributed by atoms with Crippen molar-refractivity contribution in [3.8, 4) is 5.75 Å². The van der Waals surface area contributed by atoms with Crippen LogP contribution in [0.1, 0.15) is 40.2 Å². The van der Waals surface area contributed by atoms with Gasteiger partial charge in [-0.2, -0.15) is 0 Å². The largest absolute Gasteiger partial charge is 0.484 e. The number of ether oxygens (including phenoxy) is 1. The van der Waals surface area contributed by atoms with Gasteiger partial charge in [-0.3, -0.25) is 4.79 Å². The van der Waals surface area contributed by atoms with Gasteiger partial charge in [0, 0.05) is 13.1 Å². The van der Waals surface area contributed by atoms with Crippen LogP contribution in [0.3, 0.4) is 0 Å². The highest BCUT2D eigenvalue weighted by Gasteiger charge is 2.16. The van der Waals surface area contributed by atoms with Crippen LogP contribution in [0, 0.1) is 11.8 Å². The zero-order valence-electron chi connectivity index (χ0n) is 14.1. The fraction of sp³-hybridized carbons (Fsp3) is 0.611. The Kier molecular flexibility index (Phi) is 7.27. The van der Waals surface area contributed by atoms with Crippen LogP contribution in [0.5, 0.6) is 5.75 Å². The summed E-state index contributed by atoms with van der Waals surface area (Å²) in [6, 6.07) is 7.95. The van der Waals surface area contributed by atoms with E-state index in [2.05, 4.69) is 34.6 Å². The lowest BCUT2D eigenvalue weighted by Gasteiger charge is -2.26. The average molecular weight is 291 g/mol. The average Bonchev–Trinajstić information content (AvgIpc) is 2.43. The van der Waals surface area contributed by atoms with E-state index in [1.165, 1.54) is 5.56 Å². The molecule has 0 aliphatic carbocycles. The van der Waals surface area contributed by atoms with Crippen molar-refractivity contribution in [3.05, 3.63) is 29.8 Å². The molecule has 1 aromatic rings. The van der Waals surface area contributed by atoms with Crippen molar-refractivity contribution in [1.29, 1.82) is 0 Å². The van der Waals surface area contributed by atoms with Crippen LogP contribution >= 0.6 is 0 Å². The number of hydrogen-bond donors (Lipinski definition) is 0. The van der Waals surface area contributed by atoms with Crippen molar-refractivity contribution >= 4 is 5.91 Å². The molecule has 1 aromatic carbocycles. The van der Waals surface area contributed by atoms with Gasteiger partial charge < -0.3 is 9.64 Å². The number of carbonyl (C=O) groups excluding carboxylic acids is 1. The Morgan fingerprint density at radius 1 is 1.05 bits per heavy atom. The fourth-order valence-electron chi connectivity index (χ4n) is 2.22. The number of benzene rings is 1. The number of carbonyl (C=O) groups is 1. The van der Waals surface area contributed by atoms with E-state index < -0.39 is 0 Å². The quantitative estimate of drug-likeness (QED) is 0.729. The summed E-state index contributed by atoms with van der Waals surface area (Å²) in [5, 5.41) is 0. The maximum atomic E-state index is 12.3. The van der Waals surface area contributed by atoms with E-state index in [4.69, 9.17) is 4.74 Å². The normalized spacial score (nSPS) is 11.0. The van der Waals surface area contributed by atoms with Gasteiger partial charge in [0.25, 0.3) is 5.91 Å². The van der Waals surface area contributed by atoms with Gasteiger partial charge in [-0.05, 0) is 36.0 Å². The van der Waals surface area contributed by atoms with E-state index in [-0.39, 0.29) is 12.5 Å². The van der Waals surface area contributed by atoms with E-state index >= 15 is 0 Å². The van der Waals surface area contributed by atoms with Gasteiger partial charge in [-0.15, -0.1) is 0 Å². The number of hydrogen-bond acceptors (Lipinski definition) is 2. The molecule has 0 saturated carbocycles. The third kappa shape index (κ3) is 6.65. The minimum Gasteiger partial charge on any atom is -0.484 e. The highest BCUT2D eigenvalue weighted by molar-refractivity contribution is 5.77. The van der Waals surface area contributed by atoms with Gasteiger partial charge in [0.2, 0.25) is 0 Å². The van der Waals surface area contributed by atoms with Gasteiger partial charge >= 0.3 is 0 Å². The Hall–Kier alpha value is -1.51. The summed E-state index contributed by atoms with van der Waals surface area (Å²) in [6.07, 6.45) is 1.01. The summed E-state index contributed by atoms with van der Waals surface area (Å²) in [5.41, 5.74) is 1.27. The van der Waals surface area contributed by atoms with Crippen LogP contribution in [0.2, 0.25) is 0 Å². The highest BCUT2D eigenvalue weighted by Crippen LogP contribution is 2.13. The molecule has 0 fully saturated rings. The minimum absolute atomic E-state index is 0.0666. The van der Waals surface area contributed by atoms with Crippen molar-refractivity contribution in [2.45, 2.75) is 41.0 Å². The summed E-state index contributed by atoms with van der Waals surface area (Å²) in [4.78, 5) is 14.2. The molecule has 21 heavy (non-hydrogen) atoms. The van der Waals surface area contributed by atoms with Gasteiger partial charge in [-0.25, -0.2) is 0 Å². The summed E-state index contributed by atoms with van der Waals surface area (Å²) in [6.45, 7) is 12.3. The first-order valence-corrected chi connectivity index (χ1v) is 7.91. The topological polar surface area (TPSA) is 29.5 Å². The Balaban J connectivity index is 2.55. The smallest absolute Gasteiger partial charge is 0.260 e. The molecule has 1 amide bonds. The van der Waals surface area contributed by atoms with E-state index in [9.17, 15) is 4.79 Å². The number of amides is 1. The lowest BCUT2D eigenvalue weighted by atomic mass is 10.1. The van der Waals surface area contributed by atoms with Crippen LogP contribution < -0.4 is 4.74 Å². The Labute approximate surface area is 129 Å². The number of nitrogens with zero attached hydrogens (tertiary/aromatic N) is 1. The lowest BCUT2D eigenvalue weighted by molar-refractivity contribution is -0.134. The molecule has 0 bridgehead atoms. The van der Waals surface area contributed by atoms with Crippen LogP contribution in [0.15, 0.2) is 24.3 Å². The molecule has 1 rings (SSSR count). The molecule has 0 N–H and O–H groups in total. The van der Waals surface area contributed by atoms with Gasteiger partial charge in [0.05, 0.1) is 0 Å². The van der Waals surface area contributed by atoms with Gasteiger partial charge in [0.15, 0.2) is 6.61 Å². The van der Waals surface area contributed by atoms with Crippen molar-refractivity contribution in [3.63, 3.8) is 0 Å². The van der Waals surface area contributed by atoms with Crippen molar-refractivity contribution in [2.24, 2.45) is 11.8 Å². The minimum atomic E-state index is 0.0666. The molecule has 0 unspecified atom stereocenters. The van der Waals surface area contributed by atoms with Crippen LogP contribution in [0.25, 0.3) is 0 Å². The van der Waals surface area contributed by atoms with E-state index in [0.29, 0.717) is 11.8 Å². The maximum absolute atomic E-state index is 12.3. The molecule has 0 aromatic heterocycles. The third-order valence-corrected chi connectivity index (χ3v) is 3.22. The zero-order chi connectivity index (χ0) is 15.8. The molecule has 0 aliphatic rings. The number of aryl methyl sites for hydroxylation is 1. The Bertz CT molecular complexity index is 413. The van der Waals surface area contributed by atoms with E-state index in [0.717, 1.165) is 25.3 Å². The standard InChI is InChI=1S/C18H29NO2/c1-6-16-7-9-17(10-8-16)21-13-18(20)19(11-14(2)3)12-15(4)5/h7-10,14-15H,6,11-13H2,1-5H3. The van der Waals surface area contributed by atoms with E-state index in [1.807, 2.05) is 29.2 Å². The molecule has 118 valence electrons. The summed E-state index contributed by atoms with van der Waals surface area (Å²) >= 11 is 0. The molecule has 0 atom stereocenters. The Morgan fingerprint density at radius 3 is 2.00 bits per heavy atom. The van der Waals surface area contributed by atoms with Crippen LogP contribution in [-0.4, -0.2) is 30.5 Å². The third-order valence-electron chi connectivity index (χ3n) is 3.22. The fourth-order valence-corrected chi connectivity index (χ4v) is 2.22. The number of rotatable bonds is 8. The molecular formula is C18H29NO2. The molecule has 0 radical (unpaired) electrons. The van der Waals surface area contributed by atoms with Gasteiger partial charge in [0.1, 0.15) is 5.75 Å². The SMILES string of the molecule is CCc1ccc(OCC(=O)N(CC(C)C)CC(C)C)cc1. The first kappa shape index (κ1) is 17.5. The summed E-state index contributed by atoms with van der Waals surface area (Å²) < 4.78 is 5.62. The first-order valence-electron chi connectivity index (χ1n) is 7.91. The van der Waals surface area contributed by atoms with Gasteiger partial charge in [-0.1, -0.05) is 46.8 Å². The highest BCUT2D eigenvalue weighted by atomic mass is 16.5. The van der Waals surface area contributed by atoms with Crippen LogP contribution in [-0.2, 0) is 11.2 Å². The first-order chi connectivity index (χ1) is 9.92. The molecule has 3 nitrogen and oxygen atoms in total. The lowest BCUT2D eigenvalue weighted by Crippen LogP contribution is -2.39. The predicted octanol–water partition coefficient (Wildman–Crippen LogP) is 3.77. The monoisotopic (exact) mass is 291 g/mol. The molecule has 0 heterocycles. The summed E-state index contributed by atoms with van der Waals surface area (Å²) in [5.74, 6) is 1.76. The molecule has 0 saturated heterocycles. The Morgan fingerprint density at radius 2 is 1.57 bits per heavy atom. The zero-order valence-corrected chi connectivity index (χ0v) is 14.1. The second kappa shape index (κ2) is 8.71. The van der Waals surface area contributed by atoms with Crippen molar-refractivity contribution in [1.82, 2.24) is 4.90 Å². The predicted molar refractivity (Wildman–Crippen MR) is 87.6 cm³/mol. The second-order valence-electron chi connectivity index (χ2n) is 6.37. The molecule has 0 aliphatic heterocycles. The maximum Gasteiger partial charge on any atom is 0.260 e. The molecular weight excluding hydrogens is 262 g/mol. The van der Waals surface area contributed by atoms with Crippen molar-refractivity contribution < 1.29 is 9.53 Å². The molecule has 3 heteroatoms. The molecule has 0 spiro atoms. The second-order valence-corrected chi connectivity index (χ2v) is 6.37. The van der Waals surface area contributed by atoms with E-state index in [1.54, 1.807) is 0 Å². The van der Waals surface area contributed by atoms with Crippen LogP contribution in [0.4, 0.5) is 0 Å². The van der Waals surface area contributed by atoms with Crippen molar-refractivity contribution in [2.75, 3.05) is 19.7 Å².